The standard InChI is InChI=1S/C14H20BrClN2/c1-14(2)9-18(6-5-13(14)17)8-10-3-4-12(16)11(15)7-10/h3-4,7,13H,5-6,8-9,17H2,1-2H3. The van der Waals surface area contributed by atoms with Crippen molar-refractivity contribution in [2.75, 3.05) is 13.1 Å². The summed E-state index contributed by atoms with van der Waals surface area (Å²) >= 11 is 9.48. The number of halogens is 2. The lowest BCUT2D eigenvalue weighted by molar-refractivity contribution is 0.0899. The zero-order chi connectivity index (χ0) is 13.3. The molecule has 1 aliphatic heterocycles. The van der Waals surface area contributed by atoms with Crippen molar-refractivity contribution in [2.45, 2.75) is 32.9 Å². The minimum Gasteiger partial charge on any atom is -0.327 e. The van der Waals surface area contributed by atoms with Gasteiger partial charge in [0, 0.05) is 30.1 Å². The predicted molar refractivity (Wildman–Crippen MR) is 80.8 cm³/mol. The lowest BCUT2D eigenvalue weighted by Crippen LogP contribution is -2.52. The summed E-state index contributed by atoms with van der Waals surface area (Å²) in [6, 6.07) is 6.45. The Kier molecular flexibility index (Phi) is 4.37. The maximum absolute atomic E-state index is 6.16. The first-order valence-electron chi connectivity index (χ1n) is 6.30. The van der Waals surface area contributed by atoms with Gasteiger partial charge < -0.3 is 5.73 Å². The van der Waals surface area contributed by atoms with E-state index < -0.39 is 0 Å². The van der Waals surface area contributed by atoms with E-state index in [9.17, 15) is 0 Å². The lowest BCUT2D eigenvalue weighted by Gasteiger charge is -2.42. The molecule has 1 unspecified atom stereocenters. The van der Waals surface area contributed by atoms with Crippen LogP contribution < -0.4 is 5.73 Å². The van der Waals surface area contributed by atoms with Crippen molar-refractivity contribution >= 4 is 27.5 Å². The molecular formula is C14H20BrClN2. The van der Waals surface area contributed by atoms with Crippen LogP contribution in [0, 0.1) is 5.41 Å². The average molecular weight is 332 g/mol. The average Bonchev–Trinajstić information content (AvgIpc) is 2.28. The Morgan fingerprint density at radius 3 is 2.83 bits per heavy atom. The lowest BCUT2D eigenvalue weighted by atomic mass is 9.79. The van der Waals surface area contributed by atoms with Gasteiger partial charge in [0.05, 0.1) is 5.02 Å². The van der Waals surface area contributed by atoms with E-state index in [2.05, 4.69) is 46.8 Å². The summed E-state index contributed by atoms with van der Waals surface area (Å²) < 4.78 is 0.967. The quantitative estimate of drug-likeness (QED) is 0.896. The van der Waals surface area contributed by atoms with Gasteiger partial charge in [0.25, 0.3) is 0 Å². The Morgan fingerprint density at radius 1 is 1.50 bits per heavy atom. The van der Waals surface area contributed by atoms with Crippen LogP contribution in [0.5, 0.6) is 0 Å². The summed E-state index contributed by atoms with van der Waals surface area (Å²) in [5.74, 6) is 0. The molecule has 0 spiro atoms. The molecule has 0 aliphatic carbocycles. The smallest absolute Gasteiger partial charge is 0.0548 e. The van der Waals surface area contributed by atoms with Crippen molar-refractivity contribution in [1.82, 2.24) is 4.90 Å². The molecule has 2 N–H and O–H groups in total. The van der Waals surface area contributed by atoms with Crippen molar-refractivity contribution < 1.29 is 0 Å². The van der Waals surface area contributed by atoms with E-state index in [1.165, 1.54) is 5.56 Å². The van der Waals surface area contributed by atoms with Gasteiger partial charge in [-0.15, -0.1) is 0 Å². The molecule has 0 saturated carbocycles. The van der Waals surface area contributed by atoms with Crippen LogP contribution in [0.1, 0.15) is 25.8 Å². The van der Waals surface area contributed by atoms with E-state index in [0.29, 0.717) is 6.04 Å². The van der Waals surface area contributed by atoms with Gasteiger partial charge in [-0.3, -0.25) is 4.90 Å². The van der Waals surface area contributed by atoms with E-state index >= 15 is 0 Å². The number of hydrogen-bond acceptors (Lipinski definition) is 2. The van der Waals surface area contributed by atoms with Crippen LogP contribution in [0.3, 0.4) is 0 Å². The molecule has 1 heterocycles. The van der Waals surface area contributed by atoms with E-state index in [1.807, 2.05) is 6.07 Å². The van der Waals surface area contributed by atoms with Crippen molar-refractivity contribution in [3.8, 4) is 0 Å². The molecule has 100 valence electrons. The monoisotopic (exact) mass is 330 g/mol. The molecule has 1 saturated heterocycles. The molecule has 0 bridgehead atoms. The van der Waals surface area contributed by atoms with E-state index in [0.717, 1.165) is 35.6 Å². The Bertz CT molecular complexity index is 434. The molecule has 1 atom stereocenters. The molecule has 1 aromatic carbocycles. The molecular weight excluding hydrogens is 312 g/mol. The van der Waals surface area contributed by atoms with Crippen LogP contribution in [-0.4, -0.2) is 24.0 Å². The molecule has 1 aliphatic rings. The fourth-order valence-corrected chi connectivity index (χ4v) is 3.06. The summed E-state index contributed by atoms with van der Waals surface area (Å²) in [7, 11) is 0. The Balaban J connectivity index is 2.04. The normalized spacial score (nSPS) is 24.2. The van der Waals surface area contributed by atoms with Crippen LogP contribution >= 0.6 is 27.5 Å². The summed E-state index contributed by atoms with van der Waals surface area (Å²) in [6.45, 7) is 7.59. The minimum atomic E-state index is 0.196. The van der Waals surface area contributed by atoms with Crippen LogP contribution in [0.25, 0.3) is 0 Å². The van der Waals surface area contributed by atoms with Gasteiger partial charge in [0.1, 0.15) is 0 Å². The van der Waals surface area contributed by atoms with Crippen LogP contribution in [0.15, 0.2) is 22.7 Å². The second kappa shape index (κ2) is 5.49. The van der Waals surface area contributed by atoms with Gasteiger partial charge in [-0.1, -0.05) is 31.5 Å². The number of benzene rings is 1. The van der Waals surface area contributed by atoms with Gasteiger partial charge in [-0.25, -0.2) is 0 Å². The number of likely N-dealkylation sites (tertiary alicyclic amines) is 1. The number of hydrogen-bond donors (Lipinski definition) is 1. The minimum absolute atomic E-state index is 0.196. The molecule has 2 rings (SSSR count). The van der Waals surface area contributed by atoms with Crippen LogP contribution in [-0.2, 0) is 6.54 Å². The molecule has 1 aromatic rings. The number of nitrogens with two attached hydrogens (primary N) is 1. The van der Waals surface area contributed by atoms with Crippen molar-refractivity contribution in [2.24, 2.45) is 11.1 Å². The Labute approximate surface area is 123 Å². The van der Waals surface area contributed by atoms with E-state index in [-0.39, 0.29) is 5.41 Å². The van der Waals surface area contributed by atoms with E-state index in [4.69, 9.17) is 17.3 Å². The van der Waals surface area contributed by atoms with Gasteiger partial charge >= 0.3 is 0 Å². The first kappa shape index (κ1) is 14.3. The molecule has 2 nitrogen and oxygen atoms in total. The maximum atomic E-state index is 6.16. The molecule has 0 aromatic heterocycles. The molecule has 0 amide bonds. The van der Waals surface area contributed by atoms with Gasteiger partial charge in [0.15, 0.2) is 0 Å². The zero-order valence-corrected chi connectivity index (χ0v) is 13.3. The summed E-state index contributed by atoms with van der Waals surface area (Å²) in [5, 5.41) is 0.764. The third kappa shape index (κ3) is 3.27. The largest absolute Gasteiger partial charge is 0.327 e. The highest BCUT2D eigenvalue weighted by Gasteiger charge is 2.33. The summed E-state index contributed by atoms with van der Waals surface area (Å²) in [6.07, 6.45) is 1.07. The maximum Gasteiger partial charge on any atom is 0.0548 e. The van der Waals surface area contributed by atoms with Crippen molar-refractivity contribution in [1.29, 1.82) is 0 Å². The van der Waals surface area contributed by atoms with E-state index in [1.54, 1.807) is 0 Å². The number of piperidine rings is 1. The second-order valence-corrected chi connectivity index (χ2v) is 7.10. The SMILES string of the molecule is CC1(C)CN(Cc2ccc(Cl)c(Br)c2)CCC1N. The highest BCUT2D eigenvalue weighted by atomic mass is 79.9. The second-order valence-electron chi connectivity index (χ2n) is 5.84. The molecule has 18 heavy (non-hydrogen) atoms. The third-order valence-corrected chi connectivity index (χ3v) is 5.00. The van der Waals surface area contributed by atoms with Gasteiger partial charge in [-0.05, 0) is 45.5 Å². The summed E-state index contributed by atoms with van der Waals surface area (Å²) in [4.78, 5) is 2.47. The number of nitrogens with zero attached hydrogens (tertiary/aromatic N) is 1. The van der Waals surface area contributed by atoms with Crippen LogP contribution in [0.4, 0.5) is 0 Å². The van der Waals surface area contributed by atoms with Gasteiger partial charge in [0.2, 0.25) is 0 Å². The van der Waals surface area contributed by atoms with Crippen molar-refractivity contribution in [3.05, 3.63) is 33.3 Å². The third-order valence-electron chi connectivity index (χ3n) is 3.78. The fraction of sp³-hybridized carbons (Fsp3) is 0.571. The first-order valence-corrected chi connectivity index (χ1v) is 7.47. The molecule has 4 heteroatoms. The predicted octanol–water partition coefficient (Wildman–Crippen LogP) is 3.66. The summed E-state index contributed by atoms with van der Waals surface area (Å²) in [5.41, 5.74) is 7.65. The fourth-order valence-electron chi connectivity index (χ4n) is 2.52. The molecule has 0 radical (unpaired) electrons. The van der Waals surface area contributed by atoms with Crippen LogP contribution in [0.2, 0.25) is 5.02 Å². The topological polar surface area (TPSA) is 29.3 Å². The first-order chi connectivity index (χ1) is 8.38. The molecule has 1 fully saturated rings. The van der Waals surface area contributed by atoms with Crippen molar-refractivity contribution in [3.63, 3.8) is 0 Å². The highest BCUT2D eigenvalue weighted by Crippen LogP contribution is 2.29. The Hall–Kier alpha value is -0.0900. The van der Waals surface area contributed by atoms with Gasteiger partial charge in [-0.2, -0.15) is 0 Å². The zero-order valence-electron chi connectivity index (χ0n) is 10.9. The highest BCUT2D eigenvalue weighted by molar-refractivity contribution is 9.10. The number of rotatable bonds is 2. The Morgan fingerprint density at radius 2 is 2.22 bits per heavy atom.